The summed E-state index contributed by atoms with van der Waals surface area (Å²) < 4.78 is 58.8. The number of thiazole rings is 1. The first-order chi connectivity index (χ1) is 18.1. The highest BCUT2D eigenvalue weighted by Gasteiger charge is 2.24. The molecule has 4 rings (SSSR count). The Labute approximate surface area is 224 Å². The zero-order chi connectivity index (χ0) is 27.5. The molecule has 0 aliphatic rings. The van der Waals surface area contributed by atoms with Crippen LogP contribution in [0.5, 0.6) is 0 Å². The first-order valence-electron chi connectivity index (χ1n) is 11.5. The van der Waals surface area contributed by atoms with Crippen molar-refractivity contribution >= 4 is 53.2 Å². The van der Waals surface area contributed by atoms with E-state index in [1.54, 1.807) is 48.9 Å². The average molecular weight is 575 g/mol. The first kappa shape index (κ1) is 27.7. The molecule has 0 aliphatic heterocycles. The van der Waals surface area contributed by atoms with Crippen LogP contribution >= 0.6 is 11.3 Å². The third kappa shape index (κ3) is 5.71. The van der Waals surface area contributed by atoms with E-state index in [0.717, 1.165) is 11.3 Å². The molecule has 200 valence electrons. The van der Waals surface area contributed by atoms with Gasteiger partial charge >= 0.3 is 0 Å². The van der Waals surface area contributed by atoms with Gasteiger partial charge in [0, 0.05) is 25.8 Å². The van der Waals surface area contributed by atoms with Gasteiger partial charge in [-0.2, -0.15) is 4.99 Å². The van der Waals surface area contributed by atoms with E-state index in [1.165, 1.54) is 40.7 Å². The van der Waals surface area contributed by atoms with Gasteiger partial charge in [0.1, 0.15) is 0 Å². The van der Waals surface area contributed by atoms with E-state index in [4.69, 9.17) is 9.88 Å². The maximum Gasteiger partial charge on any atom is 0.279 e. The molecule has 38 heavy (non-hydrogen) atoms. The molecule has 0 saturated carbocycles. The van der Waals surface area contributed by atoms with Crippen molar-refractivity contribution in [1.82, 2.24) is 4.57 Å². The predicted octanol–water partition coefficient (Wildman–Crippen LogP) is 2.95. The number of methoxy groups -OCH3 is 1. The fourth-order valence-corrected chi connectivity index (χ4v) is 7.03. The minimum absolute atomic E-state index is 0.0450. The van der Waals surface area contributed by atoms with Gasteiger partial charge in [-0.3, -0.25) is 9.10 Å². The van der Waals surface area contributed by atoms with Gasteiger partial charge < -0.3 is 9.30 Å². The average Bonchev–Trinajstić information content (AvgIpc) is 3.23. The molecule has 0 aliphatic carbocycles. The minimum atomic E-state index is -3.90. The number of anilines is 1. The second kappa shape index (κ2) is 11.2. The van der Waals surface area contributed by atoms with Gasteiger partial charge in [0.25, 0.3) is 15.9 Å². The number of hydrogen-bond acceptors (Lipinski definition) is 7. The van der Waals surface area contributed by atoms with E-state index in [1.807, 2.05) is 6.07 Å². The van der Waals surface area contributed by atoms with Crippen LogP contribution in [0, 0.1) is 0 Å². The Balaban J connectivity index is 1.69. The summed E-state index contributed by atoms with van der Waals surface area (Å²) in [5, 5.41) is 5.26. The molecular weight excluding hydrogens is 548 g/mol. The highest BCUT2D eigenvalue weighted by atomic mass is 32.2. The summed E-state index contributed by atoms with van der Waals surface area (Å²) in [5.74, 6) is -0.575. The topological polar surface area (TPSA) is 141 Å². The minimum Gasteiger partial charge on any atom is -0.383 e. The summed E-state index contributed by atoms with van der Waals surface area (Å²) in [5.41, 5.74) is 1.42. The third-order valence-corrected chi connectivity index (χ3v) is 9.59. The Morgan fingerprint density at radius 2 is 1.66 bits per heavy atom. The molecule has 10 nitrogen and oxygen atoms in total. The Morgan fingerprint density at radius 1 is 1.00 bits per heavy atom. The molecule has 0 radical (unpaired) electrons. The van der Waals surface area contributed by atoms with E-state index in [0.29, 0.717) is 33.9 Å². The Hall–Kier alpha value is -3.36. The van der Waals surface area contributed by atoms with E-state index >= 15 is 0 Å². The zero-order valence-corrected chi connectivity index (χ0v) is 23.1. The van der Waals surface area contributed by atoms with Crippen molar-refractivity contribution in [2.75, 3.05) is 24.6 Å². The summed E-state index contributed by atoms with van der Waals surface area (Å²) >= 11 is 1.14. The standard InChI is InChI=1S/C25H26N4O6S3/c1-3-29(19-7-5-4-6-8-19)38(33,34)20-11-9-18(10-12-20)24(30)27-25-28(15-16-35-2)22-14-13-21(37(26,31)32)17-23(22)36-25/h4-14,17H,3,15-16H2,1-2H3,(H2,26,31,32). The SMILES string of the molecule is CCN(c1ccccc1)S(=O)(=O)c1ccc(C(=O)N=c2sc3cc(S(N)(=O)=O)ccc3n2CCOC)cc1. The monoisotopic (exact) mass is 574 g/mol. The number of para-hydroxylation sites is 1. The zero-order valence-electron chi connectivity index (χ0n) is 20.6. The number of aromatic nitrogens is 1. The lowest BCUT2D eigenvalue weighted by molar-refractivity contribution is 0.0997. The lowest BCUT2D eigenvalue weighted by atomic mass is 10.2. The number of fused-ring (bicyclic) bond motifs is 1. The van der Waals surface area contributed by atoms with Crippen LogP contribution in [-0.2, 0) is 31.3 Å². The number of nitrogens with zero attached hydrogens (tertiary/aromatic N) is 3. The van der Waals surface area contributed by atoms with Crippen LogP contribution in [0.15, 0.2) is 87.6 Å². The van der Waals surface area contributed by atoms with Crippen molar-refractivity contribution in [3.05, 3.63) is 83.2 Å². The lowest BCUT2D eigenvalue weighted by Gasteiger charge is -2.22. The van der Waals surface area contributed by atoms with Crippen molar-refractivity contribution in [3.63, 3.8) is 0 Å². The number of amides is 1. The third-order valence-electron chi connectivity index (χ3n) is 5.72. The number of sulfonamides is 2. The number of rotatable bonds is 9. The van der Waals surface area contributed by atoms with E-state index < -0.39 is 26.0 Å². The van der Waals surface area contributed by atoms with Gasteiger partial charge in [-0.25, -0.2) is 22.0 Å². The molecule has 1 amide bonds. The Morgan fingerprint density at radius 3 is 2.26 bits per heavy atom. The molecule has 0 fully saturated rings. The quantitative estimate of drug-likeness (QED) is 0.326. The molecule has 0 saturated heterocycles. The van der Waals surface area contributed by atoms with Crippen LogP contribution in [0.25, 0.3) is 10.2 Å². The highest BCUT2D eigenvalue weighted by Crippen LogP contribution is 2.24. The number of nitrogens with two attached hydrogens (primary N) is 1. The fraction of sp³-hybridized carbons (Fsp3) is 0.200. The number of carbonyl (C=O) groups is 1. The van der Waals surface area contributed by atoms with Crippen molar-refractivity contribution in [2.24, 2.45) is 10.1 Å². The number of hydrogen-bond donors (Lipinski definition) is 1. The first-order valence-corrected chi connectivity index (χ1v) is 15.3. The fourth-order valence-electron chi connectivity index (χ4n) is 3.85. The molecule has 1 heterocycles. The van der Waals surface area contributed by atoms with Crippen LogP contribution < -0.4 is 14.2 Å². The van der Waals surface area contributed by atoms with Gasteiger partial charge in [0.15, 0.2) is 4.80 Å². The predicted molar refractivity (Wildman–Crippen MR) is 146 cm³/mol. The molecule has 0 bridgehead atoms. The van der Waals surface area contributed by atoms with Gasteiger partial charge in [-0.1, -0.05) is 29.5 Å². The van der Waals surface area contributed by atoms with Crippen LogP contribution in [-0.4, -0.2) is 47.6 Å². The maximum absolute atomic E-state index is 13.2. The van der Waals surface area contributed by atoms with Crippen LogP contribution in [0.4, 0.5) is 5.69 Å². The smallest absolute Gasteiger partial charge is 0.279 e. The van der Waals surface area contributed by atoms with Crippen molar-refractivity contribution in [2.45, 2.75) is 23.3 Å². The molecule has 1 aromatic heterocycles. The van der Waals surface area contributed by atoms with Crippen LogP contribution in [0.3, 0.4) is 0 Å². The van der Waals surface area contributed by atoms with E-state index in [2.05, 4.69) is 4.99 Å². The second-order valence-corrected chi connectivity index (χ2v) is 12.6. The molecular formula is C25H26N4O6S3. The number of benzene rings is 3. The molecule has 0 spiro atoms. The summed E-state index contributed by atoms with van der Waals surface area (Å²) in [6, 6.07) is 18.8. The molecule has 0 unspecified atom stereocenters. The second-order valence-electron chi connectivity index (χ2n) is 8.15. The van der Waals surface area contributed by atoms with Crippen LogP contribution in [0.2, 0.25) is 0 Å². The largest absolute Gasteiger partial charge is 0.383 e. The van der Waals surface area contributed by atoms with Crippen molar-refractivity contribution in [3.8, 4) is 0 Å². The Bertz CT molecular complexity index is 1740. The normalized spacial score (nSPS) is 12.7. The maximum atomic E-state index is 13.2. The van der Waals surface area contributed by atoms with E-state index in [9.17, 15) is 21.6 Å². The van der Waals surface area contributed by atoms with Gasteiger partial charge in [-0.15, -0.1) is 0 Å². The molecule has 0 atom stereocenters. The Kier molecular flexibility index (Phi) is 8.13. The van der Waals surface area contributed by atoms with Gasteiger partial charge in [0.05, 0.1) is 32.3 Å². The highest BCUT2D eigenvalue weighted by molar-refractivity contribution is 7.92. The molecule has 4 aromatic rings. The van der Waals surface area contributed by atoms with Crippen LogP contribution in [0.1, 0.15) is 17.3 Å². The summed E-state index contributed by atoms with van der Waals surface area (Å²) in [6.45, 7) is 2.70. The van der Waals surface area contributed by atoms with Gasteiger partial charge in [0.2, 0.25) is 10.0 Å². The number of carbonyl (C=O) groups excluding carboxylic acids is 1. The number of primary sulfonamides is 1. The molecule has 13 heteroatoms. The van der Waals surface area contributed by atoms with Crippen molar-refractivity contribution in [1.29, 1.82) is 0 Å². The summed E-state index contributed by atoms with van der Waals surface area (Å²) in [4.78, 5) is 17.6. The lowest BCUT2D eigenvalue weighted by Crippen LogP contribution is -2.30. The summed E-state index contributed by atoms with van der Waals surface area (Å²) in [6.07, 6.45) is 0. The summed E-state index contributed by atoms with van der Waals surface area (Å²) in [7, 11) is -6.20. The molecule has 2 N–H and O–H groups in total. The van der Waals surface area contributed by atoms with Gasteiger partial charge in [-0.05, 0) is 61.5 Å². The van der Waals surface area contributed by atoms with Crippen molar-refractivity contribution < 1.29 is 26.4 Å². The van der Waals surface area contributed by atoms with E-state index in [-0.39, 0.29) is 21.9 Å². The molecule has 3 aromatic carbocycles. The number of ether oxygens (including phenoxy) is 1.